The molecule has 2 heterocycles. The molecule has 1 N–H and O–H groups in total. The van der Waals surface area contributed by atoms with Crippen molar-refractivity contribution in [3.05, 3.63) is 76.9 Å². The highest BCUT2D eigenvalue weighted by Gasteiger charge is 2.37. The van der Waals surface area contributed by atoms with Crippen molar-refractivity contribution in [3.8, 4) is 0 Å². The molecular weight excluding hydrogens is 389 g/mol. The van der Waals surface area contributed by atoms with Crippen LogP contribution >= 0.6 is 11.8 Å². The second-order valence-electron chi connectivity index (χ2n) is 5.88. The van der Waals surface area contributed by atoms with Gasteiger partial charge in [0.1, 0.15) is 5.04 Å². The molecule has 0 fully saturated rings. The van der Waals surface area contributed by atoms with Gasteiger partial charge in [-0.1, -0.05) is 48.5 Å². The van der Waals surface area contributed by atoms with Gasteiger partial charge in [-0.2, -0.15) is 28.3 Å². The lowest BCUT2D eigenvalue weighted by Crippen LogP contribution is -2.35. The second kappa shape index (κ2) is 6.75. The van der Waals surface area contributed by atoms with Crippen molar-refractivity contribution in [1.29, 1.82) is 5.41 Å². The van der Waals surface area contributed by atoms with E-state index in [-0.39, 0.29) is 22.1 Å². The van der Waals surface area contributed by atoms with Crippen LogP contribution in [-0.2, 0) is 11.0 Å². The lowest BCUT2D eigenvalue weighted by Gasteiger charge is -2.20. The molecule has 0 radical (unpaired) electrons. The van der Waals surface area contributed by atoms with Crippen LogP contribution in [0.25, 0.3) is 6.08 Å². The van der Waals surface area contributed by atoms with Gasteiger partial charge in [0, 0.05) is 5.56 Å². The van der Waals surface area contributed by atoms with Crippen molar-refractivity contribution >= 4 is 39.8 Å². The number of carbonyl (C=O) groups excluding carboxylic acids is 1. The monoisotopic (exact) mass is 400 g/mol. The number of nitrogens with zero attached hydrogens (tertiary/aromatic N) is 3. The summed E-state index contributed by atoms with van der Waals surface area (Å²) < 4.78 is 39.7. The van der Waals surface area contributed by atoms with Crippen molar-refractivity contribution in [2.45, 2.75) is 6.18 Å². The van der Waals surface area contributed by atoms with E-state index in [2.05, 4.69) is 10.1 Å². The number of rotatable bonds is 2. The predicted molar refractivity (Wildman–Crippen MR) is 102 cm³/mol. The zero-order chi connectivity index (χ0) is 19.9. The van der Waals surface area contributed by atoms with Gasteiger partial charge in [-0.05, 0) is 29.5 Å². The van der Waals surface area contributed by atoms with Gasteiger partial charge in [0.05, 0.1) is 11.1 Å². The molecule has 0 saturated carbocycles. The molecule has 0 bridgehead atoms. The topological polar surface area (TPSA) is 68.9 Å². The summed E-state index contributed by atoms with van der Waals surface area (Å²) in [5, 5.41) is 14.5. The minimum absolute atomic E-state index is 0.204. The van der Waals surface area contributed by atoms with Crippen LogP contribution in [0.3, 0.4) is 0 Å². The van der Waals surface area contributed by atoms with E-state index in [0.717, 1.165) is 34.5 Å². The van der Waals surface area contributed by atoms with Crippen LogP contribution in [0, 0.1) is 5.41 Å². The summed E-state index contributed by atoms with van der Waals surface area (Å²) in [7, 11) is 0. The predicted octanol–water partition coefficient (Wildman–Crippen LogP) is 4.37. The molecule has 28 heavy (non-hydrogen) atoms. The van der Waals surface area contributed by atoms with Crippen molar-refractivity contribution in [3.63, 3.8) is 0 Å². The quantitative estimate of drug-likeness (QED) is 0.761. The van der Waals surface area contributed by atoms with E-state index in [0.29, 0.717) is 5.04 Å². The third-order valence-electron chi connectivity index (χ3n) is 4.04. The number of nitrogens with one attached hydrogen (secondary N) is 1. The van der Waals surface area contributed by atoms with Crippen molar-refractivity contribution in [2.24, 2.45) is 10.1 Å². The number of fused-ring (bicyclic) bond motifs is 1. The maximum Gasteiger partial charge on any atom is 0.416 e. The summed E-state index contributed by atoms with van der Waals surface area (Å²) in [6.07, 6.45) is -3.54. The number of amides is 1. The Kier molecular flexibility index (Phi) is 4.38. The van der Waals surface area contributed by atoms with Gasteiger partial charge in [0.2, 0.25) is 5.17 Å². The van der Waals surface area contributed by atoms with E-state index in [1.807, 2.05) is 30.3 Å². The normalized spacial score (nSPS) is 18.2. The summed E-state index contributed by atoms with van der Waals surface area (Å²) in [5.74, 6) is -1.09. The van der Waals surface area contributed by atoms with Gasteiger partial charge in [-0.25, -0.2) is 0 Å². The average Bonchev–Trinajstić information content (AvgIpc) is 3.09. The van der Waals surface area contributed by atoms with E-state index in [1.165, 1.54) is 18.2 Å². The molecule has 2 aromatic carbocycles. The third kappa shape index (κ3) is 3.24. The van der Waals surface area contributed by atoms with Crippen LogP contribution in [0.15, 0.2) is 70.3 Å². The fourth-order valence-electron chi connectivity index (χ4n) is 2.73. The number of hydrogen-bond acceptors (Lipinski definition) is 4. The van der Waals surface area contributed by atoms with Crippen LogP contribution < -0.4 is 0 Å². The molecule has 9 heteroatoms. The molecule has 0 aliphatic carbocycles. The minimum Gasteiger partial charge on any atom is -0.282 e. The number of hydrogen-bond donors (Lipinski definition) is 1. The number of amidine groups is 2. The van der Waals surface area contributed by atoms with Gasteiger partial charge < -0.3 is 0 Å². The number of hydrazone groups is 1. The molecular formula is C19H11F3N4OS. The third-order valence-corrected chi connectivity index (χ3v) is 5.00. The van der Waals surface area contributed by atoms with Crippen molar-refractivity contribution in [2.75, 3.05) is 0 Å². The Hall–Kier alpha value is -3.20. The molecule has 1 amide bonds. The lowest BCUT2D eigenvalue weighted by atomic mass is 10.0. The average molecular weight is 400 g/mol. The summed E-state index contributed by atoms with van der Waals surface area (Å²) in [4.78, 5) is 16.3. The summed E-state index contributed by atoms with van der Waals surface area (Å²) in [6.45, 7) is 0. The maximum atomic E-state index is 13.2. The lowest BCUT2D eigenvalue weighted by molar-refractivity contribution is -0.137. The Morgan fingerprint density at radius 3 is 2.43 bits per heavy atom. The SMILES string of the molecule is N=C1/C(=C/c2ccccc2C(F)(F)F)C(=O)N=C2SC(c3ccccc3)=NN12. The Bertz CT molecular complexity index is 1070. The molecule has 4 rings (SSSR count). The number of carbonyl (C=O) groups is 1. The minimum atomic E-state index is -4.58. The Labute approximate surface area is 161 Å². The zero-order valence-electron chi connectivity index (χ0n) is 14.1. The largest absolute Gasteiger partial charge is 0.416 e. The first-order valence-corrected chi connectivity index (χ1v) is 8.88. The van der Waals surface area contributed by atoms with Crippen LogP contribution in [0.1, 0.15) is 16.7 Å². The number of halogens is 3. The Morgan fingerprint density at radius 2 is 1.71 bits per heavy atom. The highest BCUT2D eigenvalue weighted by atomic mass is 32.2. The van der Waals surface area contributed by atoms with Crippen molar-refractivity contribution < 1.29 is 18.0 Å². The molecule has 2 aromatic rings. The fraction of sp³-hybridized carbons (Fsp3) is 0.0526. The highest BCUT2D eigenvalue weighted by molar-refractivity contribution is 8.27. The van der Waals surface area contributed by atoms with E-state index in [4.69, 9.17) is 5.41 Å². The molecule has 0 unspecified atom stereocenters. The van der Waals surface area contributed by atoms with Crippen LogP contribution in [-0.4, -0.2) is 27.0 Å². The summed E-state index contributed by atoms with van der Waals surface area (Å²) >= 11 is 1.13. The Morgan fingerprint density at radius 1 is 1.04 bits per heavy atom. The zero-order valence-corrected chi connectivity index (χ0v) is 14.9. The van der Waals surface area contributed by atoms with Crippen LogP contribution in [0.5, 0.6) is 0 Å². The van der Waals surface area contributed by atoms with Gasteiger partial charge in [0.25, 0.3) is 5.91 Å². The van der Waals surface area contributed by atoms with Crippen LogP contribution in [0.4, 0.5) is 13.2 Å². The first-order chi connectivity index (χ1) is 13.3. The fourth-order valence-corrected chi connectivity index (χ4v) is 3.62. The van der Waals surface area contributed by atoms with Gasteiger partial charge in [-0.3, -0.25) is 10.2 Å². The van der Waals surface area contributed by atoms with Gasteiger partial charge in [0.15, 0.2) is 5.84 Å². The number of alkyl halides is 3. The summed E-state index contributed by atoms with van der Waals surface area (Å²) in [5.41, 5.74) is -0.556. The van der Waals surface area contributed by atoms with E-state index < -0.39 is 17.6 Å². The highest BCUT2D eigenvalue weighted by Crippen LogP contribution is 2.35. The van der Waals surface area contributed by atoms with E-state index >= 15 is 0 Å². The Balaban J connectivity index is 1.73. The first-order valence-electron chi connectivity index (χ1n) is 8.06. The van der Waals surface area contributed by atoms with E-state index in [9.17, 15) is 18.0 Å². The molecule has 0 spiro atoms. The molecule has 2 aliphatic heterocycles. The van der Waals surface area contributed by atoms with E-state index in [1.54, 1.807) is 0 Å². The molecule has 5 nitrogen and oxygen atoms in total. The molecule has 2 aliphatic rings. The maximum absolute atomic E-state index is 13.2. The molecule has 140 valence electrons. The number of thioether (sulfide) groups is 1. The van der Waals surface area contributed by atoms with Gasteiger partial charge >= 0.3 is 6.18 Å². The van der Waals surface area contributed by atoms with Gasteiger partial charge in [-0.15, -0.1) is 0 Å². The molecule has 0 atom stereocenters. The second-order valence-corrected chi connectivity index (χ2v) is 6.83. The molecule has 0 saturated heterocycles. The first kappa shape index (κ1) is 18.2. The summed E-state index contributed by atoms with van der Waals surface area (Å²) in [6, 6.07) is 14.0. The van der Waals surface area contributed by atoms with Crippen LogP contribution in [0.2, 0.25) is 0 Å². The number of benzene rings is 2. The molecule has 0 aromatic heterocycles. The smallest absolute Gasteiger partial charge is 0.282 e. The number of aliphatic imine (C=N–C) groups is 1. The standard InChI is InChI=1S/C19H11F3N4OS/c20-19(21,22)14-9-5-4-8-12(14)10-13-15(23)26-18(24-16(13)27)28-17(25-26)11-6-2-1-3-7-11/h1-10,23H/b13-10-,23-15?. The van der Waals surface area contributed by atoms with Crippen molar-refractivity contribution in [1.82, 2.24) is 5.01 Å².